The minimum Gasteiger partial charge on any atom is -0.354 e. The van der Waals surface area contributed by atoms with E-state index in [-0.39, 0.29) is 23.4 Å². The summed E-state index contributed by atoms with van der Waals surface area (Å²) >= 11 is 0. The van der Waals surface area contributed by atoms with E-state index < -0.39 is 10.0 Å². The van der Waals surface area contributed by atoms with E-state index in [1.54, 1.807) is 4.68 Å². The van der Waals surface area contributed by atoms with Gasteiger partial charge < -0.3 is 9.84 Å². The van der Waals surface area contributed by atoms with Crippen LogP contribution in [-0.4, -0.2) is 35.0 Å². The highest BCUT2D eigenvalue weighted by atomic mass is 32.2. The third kappa shape index (κ3) is 5.81. The fourth-order valence-electron chi connectivity index (χ4n) is 4.38. The van der Waals surface area contributed by atoms with Crippen molar-refractivity contribution in [3.05, 3.63) is 53.9 Å². The van der Waals surface area contributed by atoms with Crippen molar-refractivity contribution >= 4 is 32.7 Å². The van der Waals surface area contributed by atoms with E-state index in [0.717, 1.165) is 42.5 Å². The van der Waals surface area contributed by atoms with Crippen molar-refractivity contribution in [3.63, 3.8) is 0 Å². The highest BCUT2D eigenvalue weighted by molar-refractivity contribution is 7.92. The van der Waals surface area contributed by atoms with Gasteiger partial charge in [-0.2, -0.15) is 5.10 Å². The third-order valence-corrected chi connectivity index (χ3v) is 7.35. The smallest absolute Gasteiger partial charge is 0.243 e. The molecule has 0 unspecified atom stereocenters. The summed E-state index contributed by atoms with van der Waals surface area (Å²) in [6.45, 7) is 6.15. The average molecular weight is 472 g/mol. The van der Waals surface area contributed by atoms with Crippen LogP contribution in [0.2, 0.25) is 0 Å². The molecule has 1 saturated carbocycles. The molecule has 2 aromatic heterocycles. The number of aromatic nitrogens is 3. The number of anilines is 1. The van der Waals surface area contributed by atoms with Gasteiger partial charge in [-0.3, -0.25) is 14.2 Å². The first-order valence-corrected chi connectivity index (χ1v) is 12.8. The largest absolute Gasteiger partial charge is 0.354 e. The fourth-order valence-corrected chi connectivity index (χ4v) is 5.85. The van der Waals surface area contributed by atoms with Crippen LogP contribution in [-0.2, 0) is 27.9 Å². The molecule has 1 aliphatic rings. The Morgan fingerprint density at radius 3 is 2.85 bits per heavy atom. The zero-order valence-corrected chi connectivity index (χ0v) is 19.5. The summed E-state index contributed by atoms with van der Waals surface area (Å²) in [4.78, 5) is 11.3. The molecule has 176 valence electrons. The zero-order chi connectivity index (χ0) is 23.4. The minimum absolute atomic E-state index is 0.118. The molecule has 2 heterocycles. The molecular formula is C23H29N5O4S. The van der Waals surface area contributed by atoms with Crippen molar-refractivity contribution in [1.29, 1.82) is 0 Å². The van der Waals surface area contributed by atoms with Gasteiger partial charge in [0.1, 0.15) is 0 Å². The number of nitrogens with one attached hydrogen (secondary N) is 2. The van der Waals surface area contributed by atoms with Gasteiger partial charge in [0.2, 0.25) is 15.9 Å². The summed E-state index contributed by atoms with van der Waals surface area (Å²) in [7, 11) is -3.50. The molecule has 0 spiro atoms. The topological polar surface area (TPSA) is 119 Å². The lowest BCUT2D eigenvalue weighted by Crippen LogP contribution is -2.24. The third-order valence-electron chi connectivity index (χ3n) is 5.93. The molecule has 0 saturated heterocycles. The van der Waals surface area contributed by atoms with Crippen LogP contribution in [0.5, 0.6) is 0 Å². The maximum atomic E-state index is 12.7. The number of aryl methyl sites for hydroxylation is 1. The Hall–Kier alpha value is -3.14. The number of carbonyl (C=O) groups excluding carboxylic acids is 1. The summed E-state index contributed by atoms with van der Waals surface area (Å²) in [5.41, 5.74) is 3.06. The first-order chi connectivity index (χ1) is 15.8. The molecule has 9 nitrogen and oxygen atoms in total. The highest BCUT2D eigenvalue weighted by Gasteiger charge is 2.24. The molecule has 1 aliphatic carbocycles. The molecule has 10 heteroatoms. The number of hydrogen-bond donors (Lipinski definition) is 2. The lowest BCUT2D eigenvalue weighted by atomic mass is 9.91. The standard InChI is InChI=1S/C23H29N5O4S/c1-3-21(29)24-13-19-9-10-28(25-19)14-18-11-16(2)22-20(12-18)32-26-23(22)27-33(30,31)15-17-7-5-4-6-8-17/h3,9-12,17H,1,4-8,13-15H2,2H3,(H,24,29)(H,26,27). The van der Waals surface area contributed by atoms with Gasteiger partial charge >= 0.3 is 0 Å². The second-order valence-corrected chi connectivity index (χ2v) is 10.4. The maximum Gasteiger partial charge on any atom is 0.243 e. The molecule has 1 fully saturated rings. The Labute approximate surface area is 193 Å². The number of carbonyl (C=O) groups is 1. The van der Waals surface area contributed by atoms with Crippen LogP contribution in [0.25, 0.3) is 11.0 Å². The zero-order valence-electron chi connectivity index (χ0n) is 18.7. The minimum atomic E-state index is -3.50. The fraction of sp³-hybridized carbons (Fsp3) is 0.435. The SMILES string of the molecule is C=CC(=O)NCc1ccn(Cc2cc(C)c3c(NS(=O)(=O)CC4CCCCC4)noc3c2)n1. The van der Waals surface area contributed by atoms with E-state index in [9.17, 15) is 13.2 Å². The second-order valence-electron chi connectivity index (χ2n) is 8.63. The van der Waals surface area contributed by atoms with Crippen LogP contribution in [0.1, 0.15) is 48.9 Å². The number of sulfonamides is 1. The Bertz CT molecular complexity index is 1260. The van der Waals surface area contributed by atoms with Gasteiger partial charge in [0.15, 0.2) is 11.4 Å². The first kappa shape index (κ1) is 23.0. The molecule has 4 rings (SSSR count). The molecule has 0 atom stereocenters. The van der Waals surface area contributed by atoms with Crippen LogP contribution in [0.4, 0.5) is 5.82 Å². The van der Waals surface area contributed by atoms with Crippen LogP contribution in [0, 0.1) is 12.8 Å². The Balaban J connectivity index is 1.46. The first-order valence-electron chi connectivity index (χ1n) is 11.1. The predicted octanol–water partition coefficient (Wildman–Crippen LogP) is 3.51. The Kier molecular flexibility index (Phi) is 6.83. The number of rotatable bonds is 9. The highest BCUT2D eigenvalue weighted by Crippen LogP contribution is 2.30. The number of hydrogen-bond acceptors (Lipinski definition) is 6. The summed E-state index contributed by atoms with van der Waals surface area (Å²) in [5, 5.41) is 11.8. The summed E-state index contributed by atoms with van der Waals surface area (Å²) < 4.78 is 35.3. The molecule has 0 aliphatic heterocycles. The number of benzene rings is 1. The van der Waals surface area contributed by atoms with Gasteiger partial charge in [-0.25, -0.2) is 8.42 Å². The van der Waals surface area contributed by atoms with Crippen LogP contribution < -0.4 is 10.0 Å². The van der Waals surface area contributed by atoms with Crippen molar-refractivity contribution in [2.75, 3.05) is 10.5 Å². The Morgan fingerprint density at radius 2 is 2.09 bits per heavy atom. The van der Waals surface area contributed by atoms with Crippen molar-refractivity contribution in [1.82, 2.24) is 20.3 Å². The van der Waals surface area contributed by atoms with Crippen LogP contribution in [0.15, 0.2) is 41.6 Å². The van der Waals surface area contributed by atoms with Gasteiger partial charge in [-0.05, 0) is 55.0 Å². The summed E-state index contributed by atoms with van der Waals surface area (Å²) in [6, 6.07) is 5.65. The van der Waals surface area contributed by atoms with E-state index in [0.29, 0.717) is 24.1 Å². The van der Waals surface area contributed by atoms with Gasteiger partial charge in [0.25, 0.3) is 0 Å². The van der Waals surface area contributed by atoms with Crippen molar-refractivity contribution in [2.45, 2.75) is 52.1 Å². The van der Waals surface area contributed by atoms with E-state index in [4.69, 9.17) is 4.52 Å². The van der Waals surface area contributed by atoms with Gasteiger partial charge in [-0.1, -0.05) is 37.1 Å². The molecule has 0 bridgehead atoms. The summed E-state index contributed by atoms with van der Waals surface area (Å²) in [5.74, 6) is 0.310. The van der Waals surface area contributed by atoms with Gasteiger partial charge in [0.05, 0.1) is 29.9 Å². The quantitative estimate of drug-likeness (QED) is 0.461. The van der Waals surface area contributed by atoms with E-state index in [2.05, 4.69) is 26.9 Å². The molecule has 33 heavy (non-hydrogen) atoms. The van der Waals surface area contributed by atoms with Crippen LogP contribution in [0.3, 0.4) is 0 Å². The number of nitrogens with zero attached hydrogens (tertiary/aromatic N) is 3. The maximum absolute atomic E-state index is 12.7. The van der Waals surface area contributed by atoms with E-state index in [1.807, 2.05) is 31.3 Å². The van der Waals surface area contributed by atoms with Crippen molar-refractivity contribution < 1.29 is 17.7 Å². The molecule has 1 aromatic carbocycles. The average Bonchev–Trinajstić information content (AvgIpc) is 3.39. The lowest BCUT2D eigenvalue weighted by molar-refractivity contribution is -0.116. The lowest BCUT2D eigenvalue weighted by Gasteiger charge is -2.21. The van der Waals surface area contributed by atoms with E-state index >= 15 is 0 Å². The number of amides is 1. The second kappa shape index (κ2) is 9.78. The molecular weight excluding hydrogens is 442 g/mol. The monoisotopic (exact) mass is 471 g/mol. The molecule has 3 aromatic rings. The van der Waals surface area contributed by atoms with Gasteiger partial charge in [0, 0.05) is 6.20 Å². The van der Waals surface area contributed by atoms with Gasteiger partial charge in [-0.15, -0.1) is 0 Å². The Morgan fingerprint density at radius 1 is 1.30 bits per heavy atom. The predicted molar refractivity (Wildman–Crippen MR) is 126 cm³/mol. The summed E-state index contributed by atoms with van der Waals surface area (Å²) in [6.07, 6.45) is 8.34. The molecule has 2 N–H and O–H groups in total. The molecule has 1 amide bonds. The van der Waals surface area contributed by atoms with E-state index in [1.165, 1.54) is 12.5 Å². The van der Waals surface area contributed by atoms with Crippen LogP contribution >= 0.6 is 0 Å². The van der Waals surface area contributed by atoms with Crippen molar-refractivity contribution in [3.8, 4) is 0 Å². The number of fused-ring (bicyclic) bond motifs is 1. The molecule has 0 radical (unpaired) electrons. The normalized spacial score (nSPS) is 14.9. The van der Waals surface area contributed by atoms with Crippen molar-refractivity contribution in [2.24, 2.45) is 5.92 Å².